The highest BCUT2D eigenvalue weighted by atomic mass is 19.1. The summed E-state index contributed by atoms with van der Waals surface area (Å²) in [5.41, 5.74) is 3.90. The summed E-state index contributed by atoms with van der Waals surface area (Å²) in [7, 11) is 1.80. The van der Waals surface area contributed by atoms with Gasteiger partial charge in [0.2, 0.25) is 0 Å². The number of aromatic nitrogens is 2. The summed E-state index contributed by atoms with van der Waals surface area (Å²) in [4.78, 5) is 29.4. The molecule has 1 atom stereocenters. The number of aryl methyl sites for hydroxylation is 2. The third-order valence-electron chi connectivity index (χ3n) is 6.78. The van der Waals surface area contributed by atoms with E-state index in [4.69, 9.17) is 19.2 Å². The zero-order valence-corrected chi connectivity index (χ0v) is 23.5. The normalized spacial score (nSPS) is 14.4. The molecule has 4 rings (SSSR count). The number of hydrogen-bond acceptors (Lipinski definition) is 6. The molecule has 1 aliphatic rings. The molecule has 0 unspecified atom stereocenters. The van der Waals surface area contributed by atoms with E-state index in [2.05, 4.69) is 0 Å². The van der Waals surface area contributed by atoms with E-state index in [0.717, 1.165) is 17.5 Å². The molecule has 0 radical (unpaired) electrons. The fraction of sp³-hybridized carbons (Fsp3) is 0.433. The number of nitrogens with zero attached hydrogens (tertiary/aromatic N) is 2. The van der Waals surface area contributed by atoms with Gasteiger partial charge in [-0.15, -0.1) is 0 Å². The number of carbonyl (C=O) groups is 2. The van der Waals surface area contributed by atoms with Crippen molar-refractivity contribution < 1.29 is 33.3 Å². The monoisotopic (exact) mass is 538 g/mol. The Labute approximate surface area is 227 Å². The van der Waals surface area contributed by atoms with E-state index in [1.807, 2.05) is 13.0 Å². The number of rotatable bonds is 7. The summed E-state index contributed by atoms with van der Waals surface area (Å²) in [6, 6.07) is 3.23. The van der Waals surface area contributed by atoms with Gasteiger partial charge in [-0.3, -0.25) is 0 Å². The summed E-state index contributed by atoms with van der Waals surface area (Å²) in [6.07, 6.45) is 3.00. The predicted octanol–water partition coefficient (Wildman–Crippen LogP) is 5.84. The van der Waals surface area contributed by atoms with Crippen LogP contribution < -0.4 is 4.74 Å². The Hall–Kier alpha value is -3.72. The first kappa shape index (κ1) is 28.3. The number of aliphatic carboxylic acids is 1. The molecule has 39 heavy (non-hydrogen) atoms. The van der Waals surface area contributed by atoms with Crippen molar-refractivity contribution in [2.24, 2.45) is 7.05 Å². The summed E-state index contributed by atoms with van der Waals surface area (Å²) in [5.74, 6) is -1.91. The average molecular weight is 539 g/mol. The summed E-state index contributed by atoms with van der Waals surface area (Å²) < 4.78 is 34.0. The van der Waals surface area contributed by atoms with Crippen LogP contribution in [-0.4, -0.2) is 45.4 Å². The van der Waals surface area contributed by atoms with Crippen molar-refractivity contribution >= 4 is 29.0 Å². The van der Waals surface area contributed by atoms with Crippen LogP contribution in [0.25, 0.3) is 28.2 Å². The molecule has 0 amide bonds. The number of carbonyl (C=O) groups excluding carboxylic acids is 1. The lowest BCUT2D eigenvalue weighted by Crippen LogP contribution is -2.28. The second-order valence-electron chi connectivity index (χ2n) is 10.7. The first-order valence-corrected chi connectivity index (χ1v) is 13.0. The van der Waals surface area contributed by atoms with Gasteiger partial charge in [-0.1, -0.05) is 0 Å². The Balaban J connectivity index is 2.09. The molecule has 0 aliphatic carbocycles. The highest BCUT2D eigenvalue weighted by Crippen LogP contribution is 2.44. The van der Waals surface area contributed by atoms with Gasteiger partial charge in [-0.25, -0.2) is 19.0 Å². The molecular weight excluding hydrogens is 503 g/mol. The topological polar surface area (TPSA) is 99.9 Å². The van der Waals surface area contributed by atoms with Gasteiger partial charge < -0.3 is 23.9 Å². The third kappa shape index (κ3) is 5.54. The summed E-state index contributed by atoms with van der Waals surface area (Å²) in [5, 5.41) is 10.9. The number of hydrogen-bond donors (Lipinski definition) is 1. The Bertz CT molecular complexity index is 1480. The minimum Gasteiger partial charge on any atom is -0.490 e. The Morgan fingerprint density at radius 3 is 2.64 bits per heavy atom. The molecule has 1 aromatic carbocycles. The predicted molar refractivity (Wildman–Crippen MR) is 146 cm³/mol. The largest absolute Gasteiger partial charge is 0.490 e. The van der Waals surface area contributed by atoms with E-state index in [-0.39, 0.29) is 12.4 Å². The van der Waals surface area contributed by atoms with Crippen LogP contribution >= 0.6 is 0 Å². The van der Waals surface area contributed by atoms with Crippen molar-refractivity contribution in [1.82, 2.24) is 9.55 Å². The number of carboxylic acids is 1. The lowest BCUT2D eigenvalue weighted by Gasteiger charge is -2.29. The SMILES string of the molecule is CCOC(=O)C=Cc1cc2c(-c3cc(F)c4c(c3C)CCCO4)c([C@H](OC(C)(C)C)C(=O)O)c(C)nc2n1C. The molecule has 1 N–H and O–H groups in total. The van der Waals surface area contributed by atoms with Gasteiger partial charge in [0.1, 0.15) is 5.65 Å². The van der Waals surface area contributed by atoms with Crippen LogP contribution in [0, 0.1) is 19.7 Å². The molecular formula is C30H35FN2O6. The molecule has 0 saturated heterocycles. The minimum absolute atomic E-state index is 0.248. The number of esters is 1. The van der Waals surface area contributed by atoms with E-state index in [9.17, 15) is 14.7 Å². The van der Waals surface area contributed by atoms with Gasteiger partial charge in [0, 0.05) is 46.6 Å². The first-order chi connectivity index (χ1) is 18.3. The molecule has 8 nitrogen and oxygen atoms in total. The minimum atomic E-state index is -1.36. The first-order valence-electron chi connectivity index (χ1n) is 13.0. The van der Waals surface area contributed by atoms with E-state index >= 15 is 4.39 Å². The van der Waals surface area contributed by atoms with Crippen LogP contribution in [0.5, 0.6) is 5.75 Å². The molecule has 0 bridgehead atoms. The average Bonchev–Trinajstić information content (AvgIpc) is 3.17. The maximum atomic E-state index is 15.5. The van der Waals surface area contributed by atoms with Crippen LogP contribution in [0.2, 0.25) is 0 Å². The molecule has 0 spiro atoms. The lowest BCUT2D eigenvalue weighted by atomic mass is 9.86. The van der Waals surface area contributed by atoms with E-state index in [1.54, 1.807) is 52.3 Å². The van der Waals surface area contributed by atoms with Crippen LogP contribution in [0.15, 0.2) is 18.2 Å². The van der Waals surface area contributed by atoms with Crippen molar-refractivity contribution in [3.8, 4) is 16.9 Å². The lowest BCUT2D eigenvalue weighted by molar-refractivity contribution is -0.160. The van der Waals surface area contributed by atoms with Crippen molar-refractivity contribution in [3.63, 3.8) is 0 Å². The van der Waals surface area contributed by atoms with Crippen LogP contribution in [0.4, 0.5) is 4.39 Å². The smallest absolute Gasteiger partial charge is 0.337 e. The number of ether oxygens (including phenoxy) is 3. The van der Waals surface area contributed by atoms with Crippen LogP contribution in [0.3, 0.4) is 0 Å². The molecule has 0 fully saturated rings. The maximum Gasteiger partial charge on any atom is 0.337 e. The maximum absolute atomic E-state index is 15.5. The fourth-order valence-corrected chi connectivity index (χ4v) is 5.10. The molecule has 1 aliphatic heterocycles. The number of pyridine rings is 1. The fourth-order valence-electron chi connectivity index (χ4n) is 5.10. The van der Waals surface area contributed by atoms with Crippen LogP contribution in [0.1, 0.15) is 68.3 Å². The number of carboxylic acid groups (broad SMARTS) is 1. The van der Waals surface area contributed by atoms with Gasteiger partial charge >= 0.3 is 11.9 Å². The third-order valence-corrected chi connectivity index (χ3v) is 6.78. The molecule has 3 heterocycles. The second kappa shape index (κ2) is 10.8. The number of benzene rings is 1. The highest BCUT2D eigenvalue weighted by molar-refractivity contribution is 6.00. The number of fused-ring (bicyclic) bond motifs is 2. The molecule has 2 aromatic heterocycles. The Morgan fingerprint density at radius 2 is 2.00 bits per heavy atom. The van der Waals surface area contributed by atoms with Gasteiger partial charge in [0.05, 0.1) is 18.8 Å². The second-order valence-corrected chi connectivity index (χ2v) is 10.7. The van der Waals surface area contributed by atoms with Crippen molar-refractivity contribution in [1.29, 1.82) is 0 Å². The molecule has 0 saturated carbocycles. The summed E-state index contributed by atoms with van der Waals surface area (Å²) >= 11 is 0. The van der Waals surface area contributed by atoms with E-state index in [0.29, 0.717) is 52.1 Å². The summed E-state index contributed by atoms with van der Waals surface area (Å²) in [6.45, 7) is 11.4. The molecule has 3 aromatic rings. The van der Waals surface area contributed by atoms with Gasteiger partial charge in [-0.2, -0.15) is 0 Å². The van der Waals surface area contributed by atoms with Gasteiger partial charge in [-0.05, 0) is 83.7 Å². The van der Waals surface area contributed by atoms with Crippen LogP contribution in [-0.2, 0) is 32.5 Å². The molecule has 9 heteroatoms. The Kier molecular flexibility index (Phi) is 7.84. The standard InChI is InChI=1S/C30H35FN2O6/c1-8-37-23(34)12-11-18-14-21-25(20-15-22(31)26-19(16(20)2)10-9-13-38-26)24(17(3)32-28(21)33(18)7)27(29(35)36)39-30(4,5)6/h11-12,14-15,27H,8-10,13H2,1-7H3,(H,35,36)/t27-/m0/s1. The Morgan fingerprint density at radius 1 is 1.28 bits per heavy atom. The van der Waals surface area contributed by atoms with Gasteiger partial charge in [0.15, 0.2) is 17.7 Å². The van der Waals surface area contributed by atoms with Gasteiger partial charge in [0.25, 0.3) is 0 Å². The quantitative estimate of drug-likeness (QED) is 0.298. The molecule has 208 valence electrons. The van der Waals surface area contributed by atoms with Crippen molar-refractivity contribution in [2.45, 2.75) is 66.1 Å². The van der Waals surface area contributed by atoms with E-state index in [1.165, 1.54) is 12.1 Å². The highest BCUT2D eigenvalue weighted by Gasteiger charge is 2.34. The van der Waals surface area contributed by atoms with E-state index < -0.39 is 29.5 Å². The van der Waals surface area contributed by atoms with Crippen molar-refractivity contribution in [2.75, 3.05) is 13.2 Å². The van der Waals surface area contributed by atoms with Crippen molar-refractivity contribution in [3.05, 3.63) is 52.1 Å². The number of halogens is 1. The zero-order valence-electron chi connectivity index (χ0n) is 23.5. The zero-order chi connectivity index (χ0) is 28.6.